The Kier molecular flexibility index (Phi) is 11.2. The van der Waals surface area contributed by atoms with E-state index in [1.54, 1.807) is 19.9 Å². The van der Waals surface area contributed by atoms with Gasteiger partial charge in [0.1, 0.15) is 11.6 Å². The van der Waals surface area contributed by atoms with E-state index in [9.17, 15) is 18.4 Å². The van der Waals surface area contributed by atoms with Crippen molar-refractivity contribution in [2.75, 3.05) is 35.2 Å². The number of unbranched alkanes of at least 4 members (excludes halogenated alkanes) is 2. The van der Waals surface area contributed by atoms with Crippen LogP contribution in [0.3, 0.4) is 0 Å². The van der Waals surface area contributed by atoms with E-state index in [1.165, 1.54) is 12.1 Å². The number of hydrogen-bond donors (Lipinski definition) is 2. The van der Waals surface area contributed by atoms with Crippen molar-refractivity contribution in [3.8, 4) is 0 Å². The van der Waals surface area contributed by atoms with E-state index in [1.807, 2.05) is 12.1 Å². The smallest absolute Gasteiger partial charge is 0.331 e. The number of rotatable bonds is 12. The molecule has 8 heteroatoms. The predicted octanol–water partition coefficient (Wildman–Crippen LogP) is 6.98. The van der Waals surface area contributed by atoms with Crippen LogP contribution in [0.1, 0.15) is 58.9 Å². The molecule has 0 radical (unpaired) electrons. The van der Waals surface area contributed by atoms with Gasteiger partial charge >= 0.3 is 12.0 Å². The lowest BCUT2D eigenvalue weighted by Gasteiger charge is -2.28. The van der Waals surface area contributed by atoms with Crippen LogP contribution in [0.15, 0.2) is 42.5 Å². The number of carbonyl (C=O) groups is 2. The summed E-state index contributed by atoms with van der Waals surface area (Å²) in [5.74, 6) is -2.04. The molecule has 0 bridgehead atoms. The normalized spacial score (nSPS) is 11.2. The summed E-state index contributed by atoms with van der Waals surface area (Å²) >= 11 is 0. The molecule has 0 fully saturated rings. The van der Waals surface area contributed by atoms with E-state index in [2.05, 4.69) is 29.4 Å². The Morgan fingerprint density at radius 1 is 0.943 bits per heavy atom. The van der Waals surface area contributed by atoms with Gasteiger partial charge in [-0.2, -0.15) is 0 Å². The molecule has 0 aliphatic rings. The van der Waals surface area contributed by atoms with Gasteiger partial charge in [0.05, 0.1) is 23.7 Å². The maximum absolute atomic E-state index is 14.0. The second-order valence-corrected chi connectivity index (χ2v) is 8.21. The van der Waals surface area contributed by atoms with Gasteiger partial charge in [-0.25, -0.2) is 18.4 Å². The van der Waals surface area contributed by atoms with Crippen molar-refractivity contribution in [1.82, 2.24) is 0 Å². The second-order valence-electron chi connectivity index (χ2n) is 8.21. The summed E-state index contributed by atoms with van der Waals surface area (Å²) in [5, 5.41) is 5.25. The Labute approximate surface area is 206 Å². The highest BCUT2D eigenvalue weighted by Crippen LogP contribution is 2.31. The summed E-state index contributed by atoms with van der Waals surface area (Å²) < 4.78 is 32.3. The number of esters is 1. The van der Waals surface area contributed by atoms with Gasteiger partial charge in [0.15, 0.2) is 0 Å². The molecule has 0 spiro atoms. The van der Waals surface area contributed by atoms with Crippen LogP contribution >= 0.6 is 0 Å². The van der Waals surface area contributed by atoms with Crippen molar-refractivity contribution in [1.29, 1.82) is 0 Å². The fourth-order valence-corrected chi connectivity index (χ4v) is 3.52. The van der Waals surface area contributed by atoms with Crippen LogP contribution in [0, 0.1) is 11.6 Å². The largest absolute Gasteiger partial charge is 0.463 e. The molecular weight excluding hydrogens is 452 g/mol. The molecule has 2 aromatic carbocycles. The fraction of sp³-hybridized carbons (Fsp3) is 0.407. The van der Waals surface area contributed by atoms with E-state index in [0.29, 0.717) is 17.3 Å². The minimum atomic E-state index is -0.866. The molecule has 2 amide bonds. The van der Waals surface area contributed by atoms with Gasteiger partial charge in [0.25, 0.3) is 0 Å². The van der Waals surface area contributed by atoms with Crippen molar-refractivity contribution in [2.45, 2.75) is 53.4 Å². The first-order chi connectivity index (χ1) is 16.8. The van der Waals surface area contributed by atoms with Crippen LogP contribution in [0.2, 0.25) is 0 Å². The van der Waals surface area contributed by atoms with E-state index in [0.717, 1.165) is 56.1 Å². The van der Waals surface area contributed by atoms with Crippen LogP contribution < -0.4 is 15.5 Å². The molecule has 0 unspecified atom stereocenters. The molecule has 0 atom stereocenters. The molecule has 2 rings (SSSR count). The highest BCUT2D eigenvalue weighted by molar-refractivity contribution is 6.02. The summed E-state index contributed by atoms with van der Waals surface area (Å²) in [7, 11) is 0. The maximum Gasteiger partial charge on any atom is 0.331 e. The van der Waals surface area contributed by atoms with Crippen LogP contribution in [-0.2, 0) is 9.53 Å². The SMILES string of the molecule is CCCCN(CCCC)c1ccc(/C(C)=C/C(=O)OCC)cc1NC(=O)Nc1ccc(F)cc1F. The zero-order valence-electron chi connectivity index (χ0n) is 20.9. The van der Waals surface area contributed by atoms with Crippen LogP contribution in [0.4, 0.5) is 30.6 Å². The topological polar surface area (TPSA) is 70.7 Å². The fourth-order valence-electron chi connectivity index (χ4n) is 3.52. The molecule has 0 aromatic heterocycles. The third kappa shape index (κ3) is 8.70. The number of ether oxygens (including phenoxy) is 1. The van der Waals surface area contributed by atoms with Gasteiger partial charge < -0.3 is 20.3 Å². The first kappa shape index (κ1) is 27.8. The Bertz CT molecular complexity index is 1030. The average molecular weight is 488 g/mol. The zero-order chi connectivity index (χ0) is 25.8. The number of nitrogens with one attached hydrogen (secondary N) is 2. The average Bonchev–Trinajstić information content (AvgIpc) is 2.81. The van der Waals surface area contributed by atoms with E-state index < -0.39 is 23.6 Å². The van der Waals surface area contributed by atoms with Crippen molar-refractivity contribution >= 4 is 34.6 Å². The highest BCUT2D eigenvalue weighted by atomic mass is 19.1. The lowest BCUT2D eigenvalue weighted by atomic mass is 10.0. The number of allylic oxidation sites excluding steroid dienone is 1. The lowest BCUT2D eigenvalue weighted by molar-refractivity contribution is -0.137. The number of amides is 2. The summed E-state index contributed by atoms with van der Waals surface area (Å²) in [5.41, 5.74) is 2.63. The number of anilines is 3. The van der Waals surface area contributed by atoms with Gasteiger partial charge in [-0.05, 0) is 62.1 Å². The van der Waals surface area contributed by atoms with Crippen molar-refractivity contribution in [2.24, 2.45) is 0 Å². The van der Waals surface area contributed by atoms with Gasteiger partial charge in [0.2, 0.25) is 0 Å². The zero-order valence-corrected chi connectivity index (χ0v) is 20.9. The summed E-state index contributed by atoms with van der Waals surface area (Å²) in [6.07, 6.45) is 5.42. The Morgan fingerprint density at radius 3 is 2.20 bits per heavy atom. The maximum atomic E-state index is 14.0. The highest BCUT2D eigenvalue weighted by Gasteiger charge is 2.16. The number of urea groups is 1. The van der Waals surface area contributed by atoms with Crippen molar-refractivity contribution in [3.63, 3.8) is 0 Å². The molecule has 2 aromatic rings. The first-order valence-corrected chi connectivity index (χ1v) is 12.1. The third-order valence-electron chi connectivity index (χ3n) is 5.40. The molecule has 2 N–H and O–H groups in total. The summed E-state index contributed by atoms with van der Waals surface area (Å²) in [6, 6.07) is 7.89. The van der Waals surface area contributed by atoms with Crippen molar-refractivity contribution < 1.29 is 23.1 Å². The van der Waals surface area contributed by atoms with Gasteiger partial charge in [-0.3, -0.25) is 0 Å². The molecular formula is C27H35F2N3O3. The molecule has 0 aliphatic heterocycles. The molecule has 35 heavy (non-hydrogen) atoms. The molecule has 0 heterocycles. The second kappa shape index (κ2) is 14.1. The predicted molar refractivity (Wildman–Crippen MR) is 138 cm³/mol. The number of nitrogens with zero attached hydrogens (tertiary/aromatic N) is 1. The van der Waals surface area contributed by atoms with E-state index in [-0.39, 0.29) is 12.3 Å². The molecule has 6 nitrogen and oxygen atoms in total. The number of benzene rings is 2. The van der Waals surface area contributed by atoms with Gasteiger partial charge in [-0.15, -0.1) is 0 Å². The Hall–Kier alpha value is -3.42. The van der Waals surface area contributed by atoms with Crippen LogP contribution in [0.25, 0.3) is 5.57 Å². The van der Waals surface area contributed by atoms with E-state index in [4.69, 9.17) is 4.74 Å². The minimum absolute atomic E-state index is 0.131. The Balaban J connectivity index is 2.41. The van der Waals surface area contributed by atoms with Crippen molar-refractivity contribution in [3.05, 3.63) is 59.7 Å². The quantitative estimate of drug-likeness (QED) is 0.250. The number of carbonyl (C=O) groups excluding carboxylic acids is 2. The van der Waals surface area contributed by atoms with Crippen LogP contribution in [-0.4, -0.2) is 31.7 Å². The molecule has 0 saturated carbocycles. The minimum Gasteiger partial charge on any atom is -0.463 e. The monoisotopic (exact) mass is 487 g/mol. The summed E-state index contributed by atoms with van der Waals surface area (Å²) in [6.45, 7) is 9.67. The Morgan fingerprint density at radius 2 is 1.60 bits per heavy atom. The molecule has 0 aliphatic carbocycles. The molecule has 0 saturated heterocycles. The van der Waals surface area contributed by atoms with E-state index >= 15 is 0 Å². The number of halogens is 2. The molecule has 190 valence electrons. The first-order valence-electron chi connectivity index (χ1n) is 12.1. The third-order valence-corrected chi connectivity index (χ3v) is 5.40. The van der Waals surface area contributed by atoms with Gasteiger partial charge in [-0.1, -0.05) is 32.8 Å². The number of hydrogen-bond acceptors (Lipinski definition) is 4. The summed E-state index contributed by atoms with van der Waals surface area (Å²) in [4.78, 5) is 26.9. The van der Waals surface area contributed by atoms with Crippen LogP contribution in [0.5, 0.6) is 0 Å². The lowest BCUT2D eigenvalue weighted by Crippen LogP contribution is -2.28. The van der Waals surface area contributed by atoms with Gasteiger partial charge in [0, 0.05) is 25.2 Å². The standard InChI is InChI=1S/C27H35F2N3O3/c1-5-8-14-32(15-9-6-2)25-13-10-20(19(4)16-26(33)35-7-3)17-24(25)31-27(34)30-23-12-11-21(28)18-22(23)29/h10-13,16-18H,5-9,14-15H2,1-4H3,(H2,30,31,34)/b19-16+.